The van der Waals surface area contributed by atoms with Crippen molar-refractivity contribution in [2.24, 2.45) is 0 Å². The molecule has 0 aliphatic carbocycles. The number of pyridine rings is 1. The number of nitrogens with two attached hydrogens (primary N) is 1. The minimum Gasteiger partial charge on any atom is -0.497 e. The van der Waals surface area contributed by atoms with Gasteiger partial charge in [0, 0.05) is 30.6 Å². The lowest BCUT2D eigenvalue weighted by Crippen LogP contribution is -2.23. The summed E-state index contributed by atoms with van der Waals surface area (Å²) in [6.45, 7) is 4.28. The number of carbonyl (C=O) groups is 1. The molecule has 0 aliphatic rings. The van der Waals surface area contributed by atoms with Crippen molar-refractivity contribution >= 4 is 11.7 Å². The van der Waals surface area contributed by atoms with Crippen molar-refractivity contribution in [2.75, 3.05) is 12.8 Å². The maximum atomic E-state index is 12.5. The lowest BCUT2D eigenvalue weighted by atomic mass is 10.1. The molecule has 2 heterocycles. The first kappa shape index (κ1) is 18.5. The lowest BCUT2D eigenvalue weighted by Gasteiger charge is -2.11. The zero-order valence-corrected chi connectivity index (χ0v) is 15.8. The van der Waals surface area contributed by atoms with Crippen LogP contribution in [0.25, 0.3) is 0 Å². The number of carbonyl (C=O) groups excluding carboxylic acids is 1. The molecule has 1 aromatic carbocycles. The van der Waals surface area contributed by atoms with Crippen molar-refractivity contribution in [1.29, 1.82) is 0 Å². The zero-order chi connectivity index (χ0) is 19.4. The molecule has 0 unspecified atom stereocenters. The number of ether oxygens (including phenoxy) is 1. The molecular formula is C21H24N4O2. The molecule has 0 spiro atoms. The van der Waals surface area contributed by atoms with Gasteiger partial charge in [0.15, 0.2) is 0 Å². The van der Waals surface area contributed by atoms with Crippen molar-refractivity contribution in [3.8, 4) is 5.75 Å². The van der Waals surface area contributed by atoms with Crippen molar-refractivity contribution in [3.63, 3.8) is 0 Å². The number of anilines is 1. The number of hydrogen-bond donors (Lipinski definition) is 3. The van der Waals surface area contributed by atoms with Gasteiger partial charge >= 0.3 is 0 Å². The molecule has 2 aromatic heterocycles. The molecule has 4 N–H and O–H groups in total. The van der Waals surface area contributed by atoms with E-state index >= 15 is 0 Å². The highest BCUT2D eigenvalue weighted by atomic mass is 16.5. The van der Waals surface area contributed by atoms with Gasteiger partial charge in [0.2, 0.25) is 0 Å². The number of aromatic amines is 1. The quantitative estimate of drug-likeness (QED) is 0.626. The summed E-state index contributed by atoms with van der Waals surface area (Å²) in [5.74, 6) is 1.20. The van der Waals surface area contributed by atoms with Crippen LogP contribution < -0.4 is 15.8 Å². The Morgan fingerprint density at radius 2 is 1.96 bits per heavy atom. The molecule has 1 amide bonds. The van der Waals surface area contributed by atoms with Gasteiger partial charge in [-0.2, -0.15) is 0 Å². The number of benzene rings is 1. The average Bonchev–Trinajstić information content (AvgIpc) is 3.10. The van der Waals surface area contributed by atoms with E-state index in [0.717, 1.165) is 40.2 Å². The van der Waals surface area contributed by atoms with Crippen LogP contribution in [0.5, 0.6) is 5.75 Å². The maximum absolute atomic E-state index is 12.5. The summed E-state index contributed by atoms with van der Waals surface area (Å²) in [6.07, 6.45) is 2.45. The van der Waals surface area contributed by atoms with Crippen LogP contribution in [0, 0.1) is 13.8 Å². The molecule has 3 aromatic rings. The number of aryl methyl sites for hydroxylation is 2. The van der Waals surface area contributed by atoms with Crippen LogP contribution in [-0.4, -0.2) is 23.0 Å². The normalized spacial score (nSPS) is 10.6. The van der Waals surface area contributed by atoms with E-state index in [9.17, 15) is 4.79 Å². The first-order chi connectivity index (χ1) is 13.0. The van der Waals surface area contributed by atoms with E-state index in [-0.39, 0.29) is 5.91 Å². The van der Waals surface area contributed by atoms with Crippen LogP contribution in [0.1, 0.15) is 38.4 Å². The van der Waals surface area contributed by atoms with Gasteiger partial charge in [-0.25, -0.2) is 4.98 Å². The summed E-state index contributed by atoms with van der Waals surface area (Å²) in [5.41, 5.74) is 11.3. The van der Waals surface area contributed by atoms with E-state index in [4.69, 9.17) is 10.5 Å². The molecule has 140 valence electrons. The Morgan fingerprint density at radius 1 is 1.22 bits per heavy atom. The smallest absolute Gasteiger partial charge is 0.253 e. The second kappa shape index (κ2) is 7.95. The number of nitrogen functional groups attached to an aromatic ring is 1. The van der Waals surface area contributed by atoms with Gasteiger partial charge in [-0.05, 0) is 54.8 Å². The Morgan fingerprint density at radius 3 is 2.63 bits per heavy atom. The third-order valence-electron chi connectivity index (χ3n) is 4.56. The van der Waals surface area contributed by atoms with Crippen molar-refractivity contribution in [2.45, 2.75) is 26.8 Å². The topological polar surface area (TPSA) is 93.0 Å². The van der Waals surface area contributed by atoms with Crippen LogP contribution in [0.3, 0.4) is 0 Å². The fourth-order valence-electron chi connectivity index (χ4n) is 3.06. The predicted molar refractivity (Wildman–Crippen MR) is 106 cm³/mol. The Hall–Kier alpha value is -3.28. The first-order valence-corrected chi connectivity index (χ1v) is 8.77. The molecule has 0 saturated heterocycles. The molecule has 0 atom stereocenters. The van der Waals surface area contributed by atoms with E-state index in [1.54, 1.807) is 13.3 Å². The molecule has 6 heteroatoms. The fourth-order valence-corrected chi connectivity index (χ4v) is 3.06. The van der Waals surface area contributed by atoms with Gasteiger partial charge in [0.05, 0.1) is 12.7 Å². The molecule has 0 aliphatic heterocycles. The number of methoxy groups -OCH3 is 1. The first-order valence-electron chi connectivity index (χ1n) is 8.77. The van der Waals surface area contributed by atoms with Crippen molar-refractivity contribution in [1.82, 2.24) is 15.3 Å². The van der Waals surface area contributed by atoms with E-state index in [1.165, 1.54) is 0 Å². The number of hydrogen-bond acceptors (Lipinski definition) is 4. The van der Waals surface area contributed by atoms with Gasteiger partial charge in [-0.3, -0.25) is 4.79 Å². The third-order valence-corrected chi connectivity index (χ3v) is 4.56. The number of nitrogens with one attached hydrogen (secondary N) is 2. The summed E-state index contributed by atoms with van der Waals surface area (Å²) >= 11 is 0. The average molecular weight is 364 g/mol. The maximum Gasteiger partial charge on any atom is 0.253 e. The number of aromatic nitrogens is 2. The summed E-state index contributed by atoms with van der Waals surface area (Å²) < 4.78 is 5.17. The lowest BCUT2D eigenvalue weighted by molar-refractivity contribution is 0.0951. The van der Waals surface area contributed by atoms with Gasteiger partial charge in [0.1, 0.15) is 11.6 Å². The number of nitrogens with zero attached hydrogens (tertiary/aromatic N) is 1. The van der Waals surface area contributed by atoms with Gasteiger partial charge in [-0.15, -0.1) is 0 Å². The summed E-state index contributed by atoms with van der Waals surface area (Å²) in [6, 6.07) is 11.6. The monoisotopic (exact) mass is 364 g/mol. The highest BCUT2D eigenvalue weighted by Crippen LogP contribution is 2.16. The van der Waals surface area contributed by atoms with E-state index in [1.807, 2.05) is 50.2 Å². The van der Waals surface area contributed by atoms with E-state index in [0.29, 0.717) is 17.9 Å². The Balaban J connectivity index is 1.63. The van der Waals surface area contributed by atoms with E-state index in [2.05, 4.69) is 15.3 Å². The number of H-pyrrole nitrogens is 1. The fraction of sp³-hybridized carbons (Fsp3) is 0.238. The minimum atomic E-state index is -0.122. The number of rotatable bonds is 6. The predicted octanol–water partition coefficient (Wildman–Crippen LogP) is 3.14. The molecule has 27 heavy (non-hydrogen) atoms. The van der Waals surface area contributed by atoms with Crippen LogP contribution >= 0.6 is 0 Å². The van der Waals surface area contributed by atoms with Gasteiger partial charge in [-0.1, -0.05) is 12.1 Å². The number of amides is 1. The highest BCUT2D eigenvalue weighted by Gasteiger charge is 2.11. The van der Waals surface area contributed by atoms with Gasteiger partial charge in [0.25, 0.3) is 5.91 Å². The van der Waals surface area contributed by atoms with Crippen LogP contribution in [0.2, 0.25) is 0 Å². The van der Waals surface area contributed by atoms with Crippen LogP contribution in [0.15, 0.2) is 42.6 Å². The second-order valence-corrected chi connectivity index (χ2v) is 6.55. The van der Waals surface area contributed by atoms with E-state index < -0.39 is 0 Å². The summed E-state index contributed by atoms with van der Waals surface area (Å²) in [7, 11) is 1.65. The van der Waals surface area contributed by atoms with Gasteiger partial charge < -0.3 is 20.8 Å². The minimum absolute atomic E-state index is 0.122. The third kappa shape index (κ3) is 4.47. The molecule has 6 nitrogen and oxygen atoms in total. The molecule has 3 rings (SSSR count). The van der Waals surface area contributed by atoms with Crippen LogP contribution in [0.4, 0.5) is 5.82 Å². The summed E-state index contributed by atoms with van der Waals surface area (Å²) in [4.78, 5) is 19.9. The zero-order valence-electron chi connectivity index (χ0n) is 15.8. The molecule has 0 saturated carbocycles. The molecule has 0 fully saturated rings. The Bertz CT molecular complexity index is 922. The molecule has 0 radical (unpaired) electrons. The second-order valence-electron chi connectivity index (χ2n) is 6.55. The molecule has 0 bridgehead atoms. The van der Waals surface area contributed by atoms with Crippen LogP contribution in [-0.2, 0) is 13.0 Å². The van der Waals surface area contributed by atoms with Crippen molar-refractivity contribution < 1.29 is 9.53 Å². The highest BCUT2D eigenvalue weighted by molar-refractivity contribution is 5.94. The Kier molecular flexibility index (Phi) is 5.45. The Labute approximate surface area is 158 Å². The summed E-state index contributed by atoms with van der Waals surface area (Å²) in [5, 5.41) is 2.95. The standard InChI is InChI=1S/C21H24N4O2/c1-13-8-20(22)25-14(2)19(13)12-24-21(26)16-10-17(23-11-16)9-15-4-6-18(27-3)7-5-15/h4-8,10-11,23H,9,12H2,1-3H3,(H2,22,25)(H,24,26). The largest absolute Gasteiger partial charge is 0.497 e. The SMILES string of the molecule is COc1ccc(Cc2cc(C(=O)NCc3c(C)cc(N)nc3C)c[nH]2)cc1. The van der Waals surface area contributed by atoms with Crippen molar-refractivity contribution in [3.05, 3.63) is 76.2 Å². The molecular weight excluding hydrogens is 340 g/mol.